The first-order valence-corrected chi connectivity index (χ1v) is 13.6. The van der Waals surface area contributed by atoms with Crippen molar-refractivity contribution in [1.29, 1.82) is 0 Å². The van der Waals surface area contributed by atoms with Gasteiger partial charge in [-0.15, -0.1) is 0 Å². The van der Waals surface area contributed by atoms with Crippen LogP contribution in [-0.2, 0) is 21.2 Å². The van der Waals surface area contributed by atoms with E-state index < -0.39 is 22.1 Å². The van der Waals surface area contributed by atoms with E-state index in [1.54, 1.807) is 0 Å². The van der Waals surface area contributed by atoms with Crippen LogP contribution in [0.3, 0.4) is 0 Å². The van der Waals surface area contributed by atoms with Gasteiger partial charge in [0, 0.05) is 19.5 Å². The number of aliphatic hydroxyl groups is 1. The van der Waals surface area contributed by atoms with Crippen LogP contribution in [0.4, 0.5) is 5.69 Å². The molecule has 9 nitrogen and oxygen atoms in total. The number of anilines is 1. The summed E-state index contributed by atoms with van der Waals surface area (Å²) in [6, 6.07) is 18.0. The number of benzene rings is 3. The standard InChI is InChI=1S/C27H32N2O7S/c1-18-15-22(9-10-23(18)20-6-3-19(4-7-20)5-12-27(32)33)36-14-13-28-17-26(31)21-8-11-25(30)24(16-21)29-37(2,34)35/h3-4,6-11,15-16,26,28-31H,5,12-14,17H2,1-2H3,(H,32,33)/t26-/m0/s1. The van der Waals surface area contributed by atoms with Gasteiger partial charge in [0.15, 0.2) is 0 Å². The number of aliphatic hydroxyl groups excluding tert-OH is 1. The van der Waals surface area contributed by atoms with Crippen LogP contribution < -0.4 is 14.8 Å². The van der Waals surface area contributed by atoms with Crippen molar-refractivity contribution < 1.29 is 33.3 Å². The second-order valence-corrected chi connectivity index (χ2v) is 10.5. The number of aromatic hydroxyl groups is 1. The fourth-order valence-corrected chi connectivity index (χ4v) is 4.36. The normalized spacial score (nSPS) is 12.2. The third kappa shape index (κ3) is 8.78. The van der Waals surface area contributed by atoms with Gasteiger partial charge in [-0.2, -0.15) is 0 Å². The largest absolute Gasteiger partial charge is 0.506 e. The van der Waals surface area contributed by atoms with Crippen LogP contribution >= 0.6 is 0 Å². The lowest BCUT2D eigenvalue weighted by atomic mass is 9.98. The van der Waals surface area contributed by atoms with Crippen LogP contribution in [-0.4, -0.2) is 55.7 Å². The molecule has 37 heavy (non-hydrogen) atoms. The van der Waals surface area contributed by atoms with E-state index in [2.05, 4.69) is 10.0 Å². The summed E-state index contributed by atoms with van der Waals surface area (Å²) in [5, 5.41) is 32.2. The molecule has 0 unspecified atom stereocenters. The minimum Gasteiger partial charge on any atom is -0.506 e. The van der Waals surface area contributed by atoms with E-state index in [1.807, 2.05) is 49.4 Å². The summed E-state index contributed by atoms with van der Waals surface area (Å²) in [5.74, 6) is -0.314. The minimum atomic E-state index is -3.56. The predicted octanol–water partition coefficient (Wildman–Crippen LogP) is 3.46. The molecule has 0 radical (unpaired) electrons. The zero-order chi connectivity index (χ0) is 27.0. The Labute approximate surface area is 216 Å². The second-order valence-electron chi connectivity index (χ2n) is 8.79. The molecular formula is C27H32N2O7S. The highest BCUT2D eigenvalue weighted by Gasteiger charge is 2.13. The van der Waals surface area contributed by atoms with Crippen molar-refractivity contribution in [2.75, 3.05) is 30.7 Å². The van der Waals surface area contributed by atoms with Crippen LogP contribution in [0.5, 0.6) is 11.5 Å². The van der Waals surface area contributed by atoms with Gasteiger partial charge in [0.2, 0.25) is 10.0 Å². The SMILES string of the molecule is Cc1cc(OCCNC[C@H](O)c2ccc(O)c(NS(C)(=O)=O)c2)ccc1-c1ccc(CCC(=O)O)cc1. The summed E-state index contributed by atoms with van der Waals surface area (Å²) in [5.41, 5.74) is 4.61. The first kappa shape index (κ1) is 28.0. The number of aryl methyl sites for hydroxylation is 2. The molecule has 0 heterocycles. The van der Waals surface area contributed by atoms with Crippen molar-refractivity contribution in [3.63, 3.8) is 0 Å². The van der Waals surface area contributed by atoms with Gasteiger partial charge in [0.25, 0.3) is 0 Å². The van der Waals surface area contributed by atoms with Crippen molar-refractivity contribution in [2.24, 2.45) is 0 Å². The number of phenols is 1. The topological polar surface area (TPSA) is 145 Å². The quantitative estimate of drug-likeness (QED) is 0.168. The van der Waals surface area contributed by atoms with Gasteiger partial charge in [-0.1, -0.05) is 36.4 Å². The number of aliphatic carboxylic acids is 1. The van der Waals surface area contributed by atoms with Gasteiger partial charge in [0.1, 0.15) is 18.1 Å². The highest BCUT2D eigenvalue weighted by molar-refractivity contribution is 7.92. The molecule has 0 saturated carbocycles. The Morgan fingerprint density at radius 1 is 1.05 bits per heavy atom. The zero-order valence-electron chi connectivity index (χ0n) is 20.8. The van der Waals surface area contributed by atoms with Crippen LogP contribution in [0.2, 0.25) is 0 Å². The monoisotopic (exact) mass is 528 g/mol. The number of rotatable bonds is 13. The van der Waals surface area contributed by atoms with Gasteiger partial charge in [0.05, 0.1) is 18.0 Å². The molecule has 3 rings (SSSR count). The summed E-state index contributed by atoms with van der Waals surface area (Å²) >= 11 is 0. The number of hydrogen-bond donors (Lipinski definition) is 5. The molecule has 0 saturated heterocycles. The number of carboxylic acids is 1. The maximum atomic E-state index is 11.4. The lowest BCUT2D eigenvalue weighted by Crippen LogP contribution is -2.26. The lowest BCUT2D eigenvalue weighted by molar-refractivity contribution is -0.136. The average molecular weight is 529 g/mol. The molecule has 5 N–H and O–H groups in total. The Balaban J connectivity index is 1.47. The van der Waals surface area contributed by atoms with Gasteiger partial charge < -0.3 is 25.4 Å². The third-order valence-electron chi connectivity index (χ3n) is 5.68. The van der Waals surface area contributed by atoms with E-state index in [9.17, 15) is 23.4 Å². The molecule has 0 aliphatic heterocycles. The molecule has 0 aromatic heterocycles. The molecular weight excluding hydrogens is 496 g/mol. The Morgan fingerprint density at radius 2 is 1.78 bits per heavy atom. The average Bonchev–Trinajstić information content (AvgIpc) is 2.83. The number of nitrogens with one attached hydrogen (secondary N) is 2. The number of hydrogen-bond acceptors (Lipinski definition) is 7. The van der Waals surface area contributed by atoms with E-state index in [1.165, 1.54) is 18.2 Å². The first-order valence-electron chi connectivity index (χ1n) is 11.8. The van der Waals surface area contributed by atoms with Crippen molar-refractivity contribution in [1.82, 2.24) is 5.32 Å². The van der Waals surface area contributed by atoms with Crippen LogP contribution in [0, 0.1) is 6.92 Å². The van der Waals surface area contributed by atoms with E-state index in [0.717, 1.165) is 34.3 Å². The van der Waals surface area contributed by atoms with Gasteiger partial charge in [-0.25, -0.2) is 8.42 Å². The Hall–Kier alpha value is -3.60. The fourth-order valence-electron chi connectivity index (χ4n) is 3.79. The molecule has 0 aliphatic rings. The van der Waals surface area contributed by atoms with Gasteiger partial charge in [-0.3, -0.25) is 9.52 Å². The number of carboxylic acid groups (broad SMARTS) is 1. The Morgan fingerprint density at radius 3 is 2.43 bits per heavy atom. The predicted molar refractivity (Wildman–Crippen MR) is 142 cm³/mol. The number of carbonyl (C=O) groups is 1. The molecule has 3 aromatic carbocycles. The number of sulfonamides is 1. The molecule has 0 spiro atoms. The van der Waals surface area contributed by atoms with Crippen molar-refractivity contribution in [3.05, 3.63) is 77.4 Å². The van der Waals surface area contributed by atoms with Crippen molar-refractivity contribution in [2.45, 2.75) is 25.9 Å². The highest BCUT2D eigenvalue weighted by atomic mass is 32.2. The maximum Gasteiger partial charge on any atom is 0.303 e. The molecule has 1 atom stereocenters. The zero-order valence-corrected chi connectivity index (χ0v) is 21.6. The minimum absolute atomic E-state index is 0.00956. The van der Waals surface area contributed by atoms with E-state index in [4.69, 9.17) is 9.84 Å². The van der Waals surface area contributed by atoms with E-state index in [0.29, 0.717) is 25.1 Å². The summed E-state index contributed by atoms with van der Waals surface area (Å²) in [4.78, 5) is 10.7. The summed E-state index contributed by atoms with van der Waals surface area (Å²) in [6.45, 7) is 3.06. The first-order chi connectivity index (χ1) is 17.5. The van der Waals surface area contributed by atoms with E-state index in [-0.39, 0.29) is 24.4 Å². The maximum absolute atomic E-state index is 11.4. The van der Waals surface area contributed by atoms with E-state index >= 15 is 0 Å². The van der Waals surface area contributed by atoms with Gasteiger partial charge in [-0.05, 0) is 65.4 Å². The van der Waals surface area contributed by atoms with Crippen LogP contribution in [0.1, 0.15) is 29.2 Å². The van der Waals surface area contributed by atoms with Gasteiger partial charge >= 0.3 is 5.97 Å². The number of ether oxygens (including phenoxy) is 1. The second kappa shape index (κ2) is 12.6. The van der Waals surface area contributed by atoms with Crippen molar-refractivity contribution >= 4 is 21.7 Å². The molecule has 0 fully saturated rings. The Bertz CT molecular complexity index is 1330. The third-order valence-corrected chi connectivity index (χ3v) is 6.27. The Kier molecular flexibility index (Phi) is 9.51. The molecule has 0 aliphatic carbocycles. The molecule has 3 aromatic rings. The van der Waals surface area contributed by atoms with Crippen LogP contribution in [0.25, 0.3) is 11.1 Å². The molecule has 198 valence electrons. The highest BCUT2D eigenvalue weighted by Crippen LogP contribution is 2.28. The number of phenolic OH excluding ortho intramolecular Hbond substituents is 1. The van der Waals surface area contributed by atoms with Crippen molar-refractivity contribution in [3.8, 4) is 22.6 Å². The lowest BCUT2D eigenvalue weighted by Gasteiger charge is -2.15. The summed E-state index contributed by atoms with van der Waals surface area (Å²) in [7, 11) is -3.56. The summed E-state index contributed by atoms with van der Waals surface area (Å²) < 4.78 is 30.9. The molecule has 0 amide bonds. The molecule has 0 bridgehead atoms. The smallest absolute Gasteiger partial charge is 0.303 e. The summed E-state index contributed by atoms with van der Waals surface area (Å²) in [6.07, 6.45) is 0.690. The molecule has 10 heteroatoms. The fraction of sp³-hybridized carbons (Fsp3) is 0.296. The van der Waals surface area contributed by atoms with Crippen LogP contribution in [0.15, 0.2) is 60.7 Å².